The first-order chi connectivity index (χ1) is 10.2. The molecule has 1 aliphatic rings. The molecule has 0 aliphatic heterocycles. The molecule has 22 heavy (non-hydrogen) atoms. The van der Waals surface area contributed by atoms with Crippen molar-refractivity contribution >= 4 is 6.09 Å². The van der Waals surface area contributed by atoms with Gasteiger partial charge in [0.25, 0.3) is 0 Å². The molecule has 1 aliphatic carbocycles. The highest BCUT2D eigenvalue weighted by Gasteiger charge is 2.58. The average Bonchev–Trinajstić information content (AvgIpc) is 3.07. The third-order valence-electron chi connectivity index (χ3n) is 3.45. The van der Waals surface area contributed by atoms with Crippen LogP contribution < -0.4 is 14.8 Å². The first-order valence-electron chi connectivity index (χ1n) is 7.10. The van der Waals surface area contributed by atoms with Crippen LogP contribution in [0.25, 0.3) is 0 Å². The number of ether oxygens (including phenoxy) is 3. The lowest BCUT2D eigenvalue weighted by Crippen LogP contribution is -2.35. The van der Waals surface area contributed by atoms with Crippen LogP contribution in [0.5, 0.6) is 11.5 Å². The van der Waals surface area contributed by atoms with Gasteiger partial charge in [-0.3, -0.25) is 0 Å². The number of alkyl halides is 1. The van der Waals surface area contributed by atoms with Crippen LogP contribution in [-0.2, 0) is 10.4 Å². The average molecular weight is 311 g/mol. The van der Waals surface area contributed by atoms with Gasteiger partial charge >= 0.3 is 6.09 Å². The number of rotatable bonds is 4. The SMILES string of the molecule is COc1ccc([C@]2(F)C[C@H]2NC(=O)OC(C)(C)C)cc1OC. The zero-order chi connectivity index (χ0) is 16.5. The zero-order valence-electron chi connectivity index (χ0n) is 13.5. The number of nitrogens with one attached hydrogen (secondary N) is 1. The normalized spacial score (nSPS) is 23.6. The molecular weight excluding hydrogens is 289 g/mol. The number of alkyl carbamates (subject to hydrolysis) is 1. The molecule has 0 spiro atoms. The molecule has 0 aromatic heterocycles. The van der Waals surface area contributed by atoms with Gasteiger partial charge in [-0.05, 0) is 38.5 Å². The van der Waals surface area contributed by atoms with Crippen LogP contribution in [0.4, 0.5) is 9.18 Å². The fourth-order valence-corrected chi connectivity index (χ4v) is 2.27. The Morgan fingerprint density at radius 2 is 1.91 bits per heavy atom. The van der Waals surface area contributed by atoms with E-state index in [-0.39, 0.29) is 6.42 Å². The maximum absolute atomic E-state index is 14.9. The fourth-order valence-electron chi connectivity index (χ4n) is 2.27. The van der Waals surface area contributed by atoms with E-state index in [9.17, 15) is 9.18 Å². The lowest BCUT2D eigenvalue weighted by Gasteiger charge is -2.20. The molecule has 1 aromatic rings. The molecule has 2 atom stereocenters. The Kier molecular flexibility index (Phi) is 4.22. The van der Waals surface area contributed by atoms with Gasteiger partial charge in [-0.25, -0.2) is 9.18 Å². The van der Waals surface area contributed by atoms with E-state index in [4.69, 9.17) is 14.2 Å². The minimum Gasteiger partial charge on any atom is -0.493 e. The Morgan fingerprint density at radius 3 is 2.45 bits per heavy atom. The highest BCUT2D eigenvalue weighted by Crippen LogP contribution is 2.51. The first-order valence-corrected chi connectivity index (χ1v) is 7.10. The minimum atomic E-state index is -1.60. The minimum absolute atomic E-state index is 0.210. The summed E-state index contributed by atoms with van der Waals surface area (Å²) in [6, 6.07) is 4.28. The van der Waals surface area contributed by atoms with Crippen molar-refractivity contribution in [2.24, 2.45) is 0 Å². The summed E-state index contributed by atoms with van der Waals surface area (Å²) in [7, 11) is 3.02. The van der Waals surface area contributed by atoms with E-state index < -0.39 is 23.4 Å². The standard InChI is InChI=1S/C16H22FNO4/c1-15(2,3)22-14(19)18-13-9-16(13,17)10-6-7-11(20-4)12(8-10)21-5/h6-8,13H,9H2,1-5H3,(H,18,19)/t13-,16-/m1/s1. The lowest BCUT2D eigenvalue weighted by atomic mass is 10.1. The summed E-state index contributed by atoms with van der Waals surface area (Å²) >= 11 is 0. The number of halogens is 1. The summed E-state index contributed by atoms with van der Waals surface area (Å²) in [5.41, 5.74) is -1.76. The number of carbonyl (C=O) groups excluding carboxylic acids is 1. The van der Waals surface area contributed by atoms with Gasteiger partial charge in [0, 0.05) is 6.42 Å². The predicted octanol–water partition coefficient (Wildman–Crippen LogP) is 3.17. The van der Waals surface area contributed by atoms with E-state index in [1.165, 1.54) is 14.2 Å². The van der Waals surface area contributed by atoms with Crippen molar-refractivity contribution in [3.05, 3.63) is 23.8 Å². The van der Waals surface area contributed by atoms with Crippen LogP contribution in [0.2, 0.25) is 0 Å². The van der Waals surface area contributed by atoms with Crippen molar-refractivity contribution in [1.29, 1.82) is 0 Å². The van der Waals surface area contributed by atoms with Crippen LogP contribution in [0, 0.1) is 0 Å². The monoisotopic (exact) mass is 311 g/mol. The maximum atomic E-state index is 14.9. The van der Waals surface area contributed by atoms with Crippen molar-refractivity contribution in [2.75, 3.05) is 14.2 Å². The number of hydrogen-bond acceptors (Lipinski definition) is 4. The van der Waals surface area contributed by atoms with Crippen molar-refractivity contribution in [2.45, 2.75) is 44.5 Å². The first kappa shape index (κ1) is 16.4. The van der Waals surface area contributed by atoms with Crippen molar-refractivity contribution in [3.8, 4) is 11.5 Å². The second kappa shape index (κ2) is 5.66. The quantitative estimate of drug-likeness (QED) is 0.928. The maximum Gasteiger partial charge on any atom is 0.407 e. The second-order valence-electron chi connectivity index (χ2n) is 6.34. The molecular formula is C16H22FNO4. The molecule has 1 N–H and O–H groups in total. The molecule has 2 rings (SSSR count). The Balaban J connectivity index is 2.07. The molecule has 0 radical (unpaired) electrons. The van der Waals surface area contributed by atoms with E-state index in [0.717, 1.165) is 0 Å². The molecule has 1 aromatic carbocycles. The third-order valence-corrected chi connectivity index (χ3v) is 3.45. The molecule has 0 bridgehead atoms. The highest BCUT2D eigenvalue weighted by atomic mass is 19.1. The summed E-state index contributed by atoms with van der Waals surface area (Å²) < 4.78 is 30.3. The molecule has 0 heterocycles. The van der Waals surface area contributed by atoms with Crippen LogP contribution in [0.1, 0.15) is 32.8 Å². The largest absolute Gasteiger partial charge is 0.493 e. The van der Waals surface area contributed by atoms with Crippen LogP contribution in [0.3, 0.4) is 0 Å². The summed E-state index contributed by atoms with van der Waals surface area (Å²) in [4.78, 5) is 11.7. The van der Waals surface area contributed by atoms with E-state index >= 15 is 0 Å². The van der Waals surface area contributed by atoms with E-state index in [1.54, 1.807) is 39.0 Å². The summed E-state index contributed by atoms with van der Waals surface area (Å²) in [5, 5.41) is 2.56. The van der Waals surface area contributed by atoms with Crippen molar-refractivity contribution < 1.29 is 23.4 Å². The Morgan fingerprint density at radius 1 is 1.27 bits per heavy atom. The summed E-state index contributed by atoms with van der Waals surface area (Å²) in [6.45, 7) is 5.28. The number of methoxy groups -OCH3 is 2. The van der Waals surface area contributed by atoms with E-state index in [2.05, 4.69) is 5.32 Å². The van der Waals surface area contributed by atoms with Gasteiger partial charge in [0.15, 0.2) is 17.2 Å². The van der Waals surface area contributed by atoms with Crippen LogP contribution in [-0.4, -0.2) is 32.0 Å². The lowest BCUT2D eigenvalue weighted by molar-refractivity contribution is 0.0511. The Bertz CT molecular complexity index is 570. The Labute approximate surface area is 129 Å². The van der Waals surface area contributed by atoms with E-state index in [1.807, 2.05) is 0 Å². The number of carbonyl (C=O) groups is 1. The summed E-state index contributed by atoms with van der Waals surface area (Å²) in [6.07, 6.45) is -0.403. The highest BCUT2D eigenvalue weighted by molar-refractivity contribution is 5.69. The smallest absolute Gasteiger partial charge is 0.407 e. The number of hydrogen-bond donors (Lipinski definition) is 1. The number of benzene rings is 1. The fraction of sp³-hybridized carbons (Fsp3) is 0.562. The second-order valence-corrected chi connectivity index (χ2v) is 6.34. The van der Waals surface area contributed by atoms with Gasteiger partial charge in [0.1, 0.15) is 5.60 Å². The molecule has 1 amide bonds. The predicted molar refractivity (Wildman–Crippen MR) is 80.1 cm³/mol. The zero-order valence-corrected chi connectivity index (χ0v) is 13.5. The van der Waals surface area contributed by atoms with Gasteiger partial charge in [-0.2, -0.15) is 0 Å². The van der Waals surface area contributed by atoms with Crippen molar-refractivity contribution in [1.82, 2.24) is 5.32 Å². The van der Waals surface area contributed by atoms with Gasteiger partial charge in [-0.1, -0.05) is 6.07 Å². The molecule has 122 valence electrons. The Hall–Kier alpha value is -1.98. The molecule has 6 heteroatoms. The topological polar surface area (TPSA) is 56.8 Å². The van der Waals surface area contributed by atoms with Gasteiger partial charge in [-0.15, -0.1) is 0 Å². The van der Waals surface area contributed by atoms with Crippen molar-refractivity contribution in [3.63, 3.8) is 0 Å². The molecule has 5 nitrogen and oxygen atoms in total. The van der Waals surface area contributed by atoms with E-state index in [0.29, 0.717) is 17.1 Å². The van der Waals surface area contributed by atoms with Gasteiger partial charge in [0.05, 0.1) is 20.3 Å². The molecule has 0 unspecified atom stereocenters. The number of amides is 1. The molecule has 1 fully saturated rings. The third kappa shape index (κ3) is 3.43. The van der Waals surface area contributed by atoms with Crippen LogP contribution >= 0.6 is 0 Å². The van der Waals surface area contributed by atoms with Gasteiger partial charge < -0.3 is 19.5 Å². The summed E-state index contributed by atoms with van der Waals surface area (Å²) in [5.74, 6) is 0.993. The van der Waals surface area contributed by atoms with Crippen LogP contribution in [0.15, 0.2) is 18.2 Å². The van der Waals surface area contributed by atoms with Gasteiger partial charge in [0.2, 0.25) is 0 Å². The molecule has 0 saturated heterocycles. The molecule has 1 saturated carbocycles.